The molecule has 3 rings (SSSR count). The molecule has 3 aromatic carbocycles. The van der Waals surface area contributed by atoms with Gasteiger partial charge in [-0.2, -0.15) is 0 Å². The number of rotatable bonds is 9. The molecule has 2 atom stereocenters. The Morgan fingerprint density at radius 2 is 1.60 bits per heavy atom. The molecule has 0 heterocycles. The van der Waals surface area contributed by atoms with Gasteiger partial charge in [0.2, 0.25) is 0 Å². The Balaban J connectivity index is 2.10. The highest BCUT2D eigenvalue weighted by Gasteiger charge is 2.37. The van der Waals surface area contributed by atoms with E-state index in [2.05, 4.69) is 5.32 Å². The van der Waals surface area contributed by atoms with E-state index in [0.717, 1.165) is 23.4 Å². The van der Waals surface area contributed by atoms with Crippen LogP contribution in [0.15, 0.2) is 78.9 Å². The monoisotopic (exact) mass is 442 g/mol. The van der Waals surface area contributed by atoms with Crippen molar-refractivity contribution in [3.05, 3.63) is 89.4 Å². The van der Waals surface area contributed by atoms with Gasteiger partial charge in [-0.3, -0.25) is 4.57 Å². The molecule has 0 aliphatic carbocycles. The standard InChI is InChI=1S/C24H28ClN2O2P/c1-4-18-29-30(28,23-16-14-22(15-17-23)27(2)3)24(19-10-12-20(25)13-11-19)26-21-8-6-5-7-9-21/h5-17,24,26H,4,18H2,1-3H3/t24-,30+/m0/s1. The molecule has 0 amide bonds. The highest BCUT2D eigenvalue weighted by atomic mass is 35.5. The topological polar surface area (TPSA) is 41.6 Å². The van der Waals surface area contributed by atoms with Gasteiger partial charge >= 0.3 is 0 Å². The van der Waals surface area contributed by atoms with Crippen LogP contribution in [0.25, 0.3) is 0 Å². The number of nitrogens with zero attached hydrogens (tertiary/aromatic N) is 1. The summed E-state index contributed by atoms with van der Waals surface area (Å²) < 4.78 is 20.6. The van der Waals surface area contributed by atoms with Crippen molar-refractivity contribution in [2.75, 3.05) is 30.9 Å². The lowest BCUT2D eigenvalue weighted by molar-refractivity contribution is 0.315. The summed E-state index contributed by atoms with van der Waals surface area (Å²) in [6, 6.07) is 25.0. The van der Waals surface area contributed by atoms with E-state index in [9.17, 15) is 4.57 Å². The van der Waals surface area contributed by atoms with Crippen LogP contribution in [-0.4, -0.2) is 20.7 Å². The third kappa shape index (κ3) is 5.26. The number of para-hydroxylation sites is 1. The molecule has 6 heteroatoms. The van der Waals surface area contributed by atoms with Crippen molar-refractivity contribution in [2.45, 2.75) is 19.1 Å². The van der Waals surface area contributed by atoms with Crippen molar-refractivity contribution in [1.82, 2.24) is 0 Å². The van der Waals surface area contributed by atoms with Gasteiger partial charge in [-0.05, 0) is 60.5 Å². The molecule has 0 spiro atoms. The Morgan fingerprint density at radius 3 is 2.17 bits per heavy atom. The van der Waals surface area contributed by atoms with Gasteiger partial charge in [-0.15, -0.1) is 0 Å². The lowest BCUT2D eigenvalue weighted by atomic mass is 10.2. The summed E-state index contributed by atoms with van der Waals surface area (Å²) in [6.45, 7) is 2.43. The summed E-state index contributed by atoms with van der Waals surface area (Å²) in [5.41, 5.74) is 2.78. The van der Waals surface area contributed by atoms with Crippen LogP contribution < -0.4 is 15.5 Å². The van der Waals surface area contributed by atoms with E-state index in [1.807, 2.05) is 105 Å². The maximum atomic E-state index is 14.5. The molecule has 0 aliphatic rings. The van der Waals surface area contributed by atoms with Crippen LogP contribution in [0.2, 0.25) is 5.02 Å². The largest absolute Gasteiger partial charge is 0.378 e. The summed E-state index contributed by atoms with van der Waals surface area (Å²) in [7, 11) is 0.640. The predicted molar refractivity (Wildman–Crippen MR) is 129 cm³/mol. The van der Waals surface area contributed by atoms with Gasteiger partial charge in [-0.25, -0.2) is 0 Å². The number of hydrogen-bond donors (Lipinski definition) is 1. The fraction of sp³-hybridized carbons (Fsp3) is 0.250. The zero-order valence-electron chi connectivity index (χ0n) is 17.6. The van der Waals surface area contributed by atoms with Gasteiger partial charge in [0.25, 0.3) is 7.37 Å². The maximum absolute atomic E-state index is 14.5. The quantitative estimate of drug-likeness (QED) is 0.382. The number of nitrogens with one attached hydrogen (secondary N) is 1. The van der Waals surface area contributed by atoms with Crippen molar-refractivity contribution in [3.8, 4) is 0 Å². The molecule has 0 fully saturated rings. The zero-order valence-corrected chi connectivity index (χ0v) is 19.2. The number of benzene rings is 3. The van der Waals surface area contributed by atoms with Crippen LogP contribution in [0.1, 0.15) is 24.7 Å². The molecule has 1 N–H and O–H groups in total. The Labute approximate surface area is 184 Å². The van der Waals surface area contributed by atoms with Crippen LogP contribution in [0, 0.1) is 0 Å². The summed E-state index contributed by atoms with van der Waals surface area (Å²) in [4.78, 5) is 2.01. The van der Waals surface area contributed by atoms with E-state index in [0.29, 0.717) is 16.9 Å². The van der Waals surface area contributed by atoms with E-state index >= 15 is 0 Å². The Morgan fingerprint density at radius 1 is 0.967 bits per heavy atom. The average Bonchev–Trinajstić information content (AvgIpc) is 2.77. The molecule has 0 unspecified atom stereocenters. The normalized spacial score (nSPS) is 14.0. The van der Waals surface area contributed by atoms with Gasteiger partial charge < -0.3 is 14.7 Å². The van der Waals surface area contributed by atoms with Crippen LogP contribution in [0.3, 0.4) is 0 Å². The predicted octanol–water partition coefficient (Wildman–Crippen LogP) is 6.55. The number of anilines is 2. The lowest BCUT2D eigenvalue weighted by Crippen LogP contribution is -2.21. The SMILES string of the molecule is CCCO[P@](=O)(c1ccc(N(C)C)cc1)[C@H](Nc1ccccc1)c1ccc(Cl)cc1. The van der Waals surface area contributed by atoms with Gasteiger partial charge in [0.05, 0.1) is 6.61 Å². The van der Waals surface area contributed by atoms with Crippen molar-refractivity contribution in [2.24, 2.45) is 0 Å². The second-order valence-corrected chi connectivity index (χ2v) is 10.2. The summed E-state index contributed by atoms with van der Waals surface area (Å²) in [6.07, 6.45) is 0.776. The van der Waals surface area contributed by atoms with Gasteiger partial charge in [-0.1, -0.05) is 48.9 Å². The molecule has 158 valence electrons. The lowest BCUT2D eigenvalue weighted by Gasteiger charge is -2.30. The fourth-order valence-corrected chi connectivity index (χ4v) is 5.81. The van der Waals surface area contributed by atoms with Crippen molar-refractivity contribution < 1.29 is 9.09 Å². The first-order valence-corrected chi connectivity index (χ1v) is 12.1. The molecule has 0 saturated heterocycles. The first kappa shape index (κ1) is 22.4. The van der Waals surface area contributed by atoms with Crippen LogP contribution >= 0.6 is 19.0 Å². The van der Waals surface area contributed by atoms with E-state index in [1.165, 1.54) is 0 Å². The molecule has 0 radical (unpaired) electrons. The number of hydrogen-bond acceptors (Lipinski definition) is 4. The van der Waals surface area contributed by atoms with Gasteiger partial charge in [0.1, 0.15) is 5.78 Å². The van der Waals surface area contributed by atoms with Crippen molar-refractivity contribution in [3.63, 3.8) is 0 Å². The molecule has 4 nitrogen and oxygen atoms in total. The second kappa shape index (κ2) is 10.2. The van der Waals surface area contributed by atoms with E-state index in [1.54, 1.807) is 0 Å². The fourth-order valence-electron chi connectivity index (χ4n) is 3.19. The van der Waals surface area contributed by atoms with Crippen LogP contribution in [-0.2, 0) is 9.09 Å². The molecular formula is C24H28ClN2O2P. The molecule has 0 aliphatic heterocycles. The molecule has 3 aromatic rings. The Kier molecular flexibility index (Phi) is 7.60. The molecule has 30 heavy (non-hydrogen) atoms. The zero-order chi connectivity index (χ0) is 21.6. The minimum Gasteiger partial charge on any atom is -0.378 e. The maximum Gasteiger partial charge on any atom is 0.258 e. The molecular weight excluding hydrogens is 415 g/mol. The van der Waals surface area contributed by atoms with Crippen molar-refractivity contribution in [1.29, 1.82) is 0 Å². The van der Waals surface area contributed by atoms with Crippen LogP contribution in [0.5, 0.6) is 0 Å². The average molecular weight is 443 g/mol. The molecule has 0 saturated carbocycles. The summed E-state index contributed by atoms with van der Waals surface area (Å²) in [5.74, 6) is -0.547. The third-order valence-corrected chi connectivity index (χ3v) is 7.76. The minimum absolute atomic E-state index is 0.410. The minimum atomic E-state index is -3.32. The summed E-state index contributed by atoms with van der Waals surface area (Å²) >= 11 is 6.11. The van der Waals surface area contributed by atoms with Gasteiger partial charge in [0, 0.05) is 35.8 Å². The summed E-state index contributed by atoms with van der Waals surface area (Å²) in [5, 5.41) is 4.78. The first-order chi connectivity index (χ1) is 14.4. The highest BCUT2D eigenvalue weighted by molar-refractivity contribution is 7.67. The van der Waals surface area contributed by atoms with E-state index in [4.69, 9.17) is 16.1 Å². The van der Waals surface area contributed by atoms with E-state index < -0.39 is 13.2 Å². The highest BCUT2D eigenvalue weighted by Crippen LogP contribution is 2.59. The third-order valence-electron chi connectivity index (χ3n) is 4.82. The Hall–Kier alpha value is -2.26. The van der Waals surface area contributed by atoms with Crippen molar-refractivity contribution >= 4 is 35.6 Å². The smallest absolute Gasteiger partial charge is 0.258 e. The molecule has 0 bridgehead atoms. The molecule has 0 aromatic heterocycles. The Bertz CT molecular complexity index is 976. The second-order valence-electron chi connectivity index (χ2n) is 7.31. The van der Waals surface area contributed by atoms with E-state index in [-0.39, 0.29) is 0 Å². The van der Waals surface area contributed by atoms with Crippen LogP contribution in [0.4, 0.5) is 11.4 Å². The number of halogens is 1. The first-order valence-electron chi connectivity index (χ1n) is 10.0. The van der Waals surface area contributed by atoms with Gasteiger partial charge in [0.15, 0.2) is 0 Å².